The molecule has 0 atom stereocenters. The van der Waals surface area contributed by atoms with Crippen molar-refractivity contribution in [3.8, 4) is 0 Å². The third-order valence-electron chi connectivity index (χ3n) is 3.58. The van der Waals surface area contributed by atoms with E-state index in [1.165, 1.54) is 6.20 Å². The molecule has 1 aromatic carbocycles. The van der Waals surface area contributed by atoms with Gasteiger partial charge in [-0.15, -0.1) is 0 Å². The fourth-order valence-corrected chi connectivity index (χ4v) is 2.60. The minimum absolute atomic E-state index is 0.000700. The van der Waals surface area contributed by atoms with Crippen molar-refractivity contribution in [3.63, 3.8) is 0 Å². The Labute approximate surface area is 149 Å². The topological polar surface area (TPSA) is 121 Å². The molecule has 3 aromatic rings. The number of aromatic amines is 1. The number of nitrogens with one attached hydrogen (secondary N) is 3. The lowest BCUT2D eigenvalue weighted by Gasteiger charge is -2.09. The highest BCUT2D eigenvalue weighted by atomic mass is 35.5. The van der Waals surface area contributed by atoms with Crippen LogP contribution in [-0.4, -0.2) is 32.6 Å². The van der Waals surface area contributed by atoms with Crippen LogP contribution in [0, 0.1) is 5.41 Å². The molecule has 3 rings (SSSR count). The predicted octanol–water partition coefficient (Wildman–Crippen LogP) is 2.75. The zero-order chi connectivity index (χ0) is 18.1. The Kier molecular flexibility index (Phi) is 4.41. The third-order valence-corrected chi connectivity index (χ3v) is 3.82. The van der Waals surface area contributed by atoms with Crippen molar-refractivity contribution in [1.29, 1.82) is 5.41 Å². The van der Waals surface area contributed by atoms with Gasteiger partial charge in [-0.25, -0.2) is 9.97 Å². The molecule has 0 saturated heterocycles. The molecule has 0 aliphatic carbocycles. The summed E-state index contributed by atoms with van der Waals surface area (Å²) in [5.74, 6) is -0.245. The van der Waals surface area contributed by atoms with Crippen molar-refractivity contribution in [2.75, 3.05) is 5.73 Å². The van der Waals surface area contributed by atoms with Gasteiger partial charge in [0.15, 0.2) is 5.65 Å². The second-order valence-corrected chi connectivity index (χ2v) is 6.33. The lowest BCUT2D eigenvalue weighted by atomic mass is 10.1. The highest BCUT2D eigenvalue weighted by Gasteiger charge is 2.17. The first kappa shape index (κ1) is 16.9. The van der Waals surface area contributed by atoms with Crippen LogP contribution in [0.4, 0.5) is 5.69 Å². The molecule has 0 aliphatic heterocycles. The van der Waals surface area contributed by atoms with E-state index in [1.807, 2.05) is 13.8 Å². The average Bonchev–Trinajstić information content (AvgIpc) is 2.96. The molecule has 8 heteroatoms. The first-order valence-electron chi connectivity index (χ1n) is 7.66. The monoisotopic (exact) mass is 356 g/mol. The van der Waals surface area contributed by atoms with Crippen molar-refractivity contribution in [2.24, 2.45) is 0 Å². The van der Waals surface area contributed by atoms with E-state index in [9.17, 15) is 4.79 Å². The van der Waals surface area contributed by atoms with E-state index in [0.29, 0.717) is 38.7 Å². The second kappa shape index (κ2) is 6.52. The average molecular weight is 357 g/mol. The number of nitrogens with zero attached hydrogens (tertiary/aromatic N) is 2. The van der Waals surface area contributed by atoms with E-state index >= 15 is 0 Å². The van der Waals surface area contributed by atoms with Crippen molar-refractivity contribution < 1.29 is 4.79 Å². The number of nitrogens with two attached hydrogens (primary N) is 1. The largest absolute Gasteiger partial charge is 0.398 e. The van der Waals surface area contributed by atoms with Gasteiger partial charge in [-0.05, 0) is 32.0 Å². The Hall–Kier alpha value is -2.93. The molecule has 0 radical (unpaired) electrons. The molecule has 25 heavy (non-hydrogen) atoms. The van der Waals surface area contributed by atoms with Crippen molar-refractivity contribution in [3.05, 3.63) is 52.4 Å². The summed E-state index contributed by atoms with van der Waals surface area (Å²) >= 11 is 5.90. The van der Waals surface area contributed by atoms with E-state index in [-0.39, 0.29) is 17.7 Å². The Morgan fingerprint density at radius 1 is 1.36 bits per heavy atom. The van der Waals surface area contributed by atoms with Gasteiger partial charge in [0.25, 0.3) is 5.91 Å². The number of aromatic nitrogens is 3. The van der Waals surface area contributed by atoms with Gasteiger partial charge in [-0.3, -0.25) is 10.2 Å². The molecule has 0 saturated carbocycles. The van der Waals surface area contributed by atoms with Crippen molar-refractivity contribution >= 4 is 40.1 Å². The normalized spacial score (nSPS) is 11.0. The Bertz CT molecular complexity index is 978. The first-order chi connectivity index (χ1) is 11.9. The maximum absolute atomic E-state index is 12.3. The predicted molar refractivity (Wildman–Crippen MR) is 98.3 cm³/mol. The summed E-state index contributed by atoms with van der Waals surface area (Å²) in [5.41, 5.74) is 8.53. The molecule has 128 valence electrons. The summed E-state index contributed by atoms with van der Waals surface area (Å²) in [4.78, 5) is 23.9. The molecule has 2 heterocycles. The van der Waals surface area contributed by atoms with Gasteiger partial charge in [0, 0.05) is 28.5 Å². The van der Waals surface area contributed by atoms with Crippen molar-refractivity contribution in [1.82, 2.24) is 20.3 Å². The quantitative estimate of drug-likeness (QED) is 0.424. The van der Waals surface area contributed by atoms with Crippen LogP contribution in [-0.2, 0) is 0 Å². The Balaban J connectivity index is 2.03. The van der Waals surface area contributed by atoms with Gasteiger partial charge >= 0.3 is 0 Å². The fraction of sp³-hybridized carbons (Fsp3) is 0.176. The zero-order valence-corrected chi connectivity index (χ0v) is 14.5. The number of halogens is 1. The molecule has 7 nitrogen and oxygen atoms in total. The van der Waals surface area contributed by atoms with Gasteiger partial charge in [0.1, 0.15) is 11.2 Å². The molecule has 0 fully saturated rings. The molecular weight excluding hydrogens is 340 g/mol. The fourth-order valence-electron chi connectivity index (χ4n) is 2.42. The first-order valence-corrected chi connectivity index (χ1v) is 8.04. The van der Waals surface area contributed by atoms with Crippen LogP contribution in [0.15, 0.2) is 30.6 Å². The summed E-state index contributed by atoms with van der Waals surface area (Å²) in [6, 6.07) is 4.90. The number of amides is 1. The minimum Gasteiger partial charge on any atom is -0.398 e. The number of benzene rings is 1. The molecule has 0 unspecified atom stereocenters. The molecule has 0 spiro atoms. The number of carbonyl (C=O) groups excluding carboxylic acids is 1. The lowest BCUT2D eigenvalue weighted by Crippen LogP contribution is -2.30. The summed E-state index contributed by atoms with van der Waals surface area (Å²) < 4.78 is 0. The van der Waals surface area contributed by atoms with Crippen LogP contribution < -0.4 is 11.1 Å². The number of fused-ring (bicyclic) bond motifs is 1. The van der Waals surface area contributed by atoms with E-state index < -0.39 is 0 Å². The highest BCUT2D eigenvalue weighted by molar-refractivity contribution is 6.31. The summed E-state index contributed by atoms with van der Waals surface area (Å²) in [7, 11) is 0. The Morgan fingerprint density at radius 3 is 2.80 bits per heavy atom. The van der Waals surface area contributed by atoms with Crippen LogP contribution in [0.3, 0.4) is 0 Å². The maximum Gasteiger partial charge on any atom is 0.255 e. The molecule has 0 aliphatic rings. The van der Waals surface area contributed by atoms with E-state index in [4.69, 9.17) is 22.7 Å². The smallest absolute Gasteiger partial charge is 0.255 e. The minimum atomic E-state index is -0.245. The number of hydrogen-bond donors (Lipinski definition) is 4. The van der Waals surface area contributed by atoms with E-state index in [1.54, 1.807) is 24.4 Å². The van der Waals surface area contributed by atoms with E-state index in [2.05, 4.69) is 20.3 Å². The number of carbonyl (C=O) groups is 1. The molecule has 1 amide bonds. The SMILES string of the molecule is CC(C)NC(=O)c1c[nH]c2ncc(C(=N)c3ccc(Cl)cc3N)nc12. The number of hydrogen-bond acceptors (Lipinski definition) is 5. The number of rotatable bonds is 4. The van der Waals surface area contributed by atoms with Gasteiger partial charge in [-0.1, -0.05) is 11.6 Å². The molecule has 0 bridgehead atoms. The second-order valence-electron chi connectivity index (χ2n) is 5.89. The summed E-state index contributed by atoms with van der Waals surface area (Å²) in [6.07, 6.45) is 3.03. The Morgan fingerprint density at radius 2 is 2.12 bits per heavy atom. The van der Waals surface area contributed by atoms with Crippen LogP contribution in [0.1, 0.15) is 35.5 Å². The number of anilines is 1. The van der Waals surface area contributed by atoms with Crippen LogP contribution in [0.25, 0.3) is 11.2 Å². The van der Waals surface area contributed by atoms with Gasteiger partial charge in [-0.2, -0.15) is 0 Å². The van der Waals surface area contributed by atoms with Gasteiger partial charge < -0.3 is 16.0 Å². The molecular formula is C17H17ClN6O. The van der Waals surface area contributed by atoms with Gasteiger partial charge in [0.2, 0.25) is 0 Å². The molecule has 2 aromatic heterocycles. The zero-order valence-electron chi connectivity index (χ0n) is 13.7. The van der Waals surface area contributed by atoms with Crippen LogP contribution >= 0.6 is 11.6 Å². The van der Waals surface area contributed by atoms with Crippen LogP contribution in [0.5, 0.6) is 0 Å². The standard InChI is InChI=1S/C17H17ClN6O/c1-8(2)23-17(25)11-6-21-16-15(11)24-13(7-22-16)14(20)10-4-3-9(18)5-12(10)19/h3-8,20H,19H2,1-2H3,(H,21,22)(H,23,25). The summed E-state index contributed by atoms with van der Waals surface area (Å²) in [6.45, 7) is 3.76. The number of nitrogen functional groups attached to an aromatic ring is 1. The number of H-pyrrole nitrogens is 1. The van der Waals surface area contributed by atoms with Gasteiger partial charge in [0.05, 0.1) is 17.5 Å². The lowest BCUT2D eigenvalue weighted by molar-refractivity contribution is 0.0944. The molecule has 5 N–H and O–H groups in total. The van der Waals surface area contributed by atoms with Crippen LogP contribution in [0.2, 0.25) is 5.02 Å². The third kappa shape index (κ3) is 3.32. The van der Waals surface area contributed by atoms with E-state index in [0.717, 1.165) is 0 Å². The van der Waals surface area contributed by atoms with Crippen molar-refractivity contribution in [2.45, 2.75) is 19.9 Å². The maximum atomic E-state index is 12.3. The highest BCUT2D eigenvalue weighted by Crippen LogP contribution is 2.21. The summed E-state index contributed by atoms with van der Waals surface area (Å²) in [5, 5.41) is 11.7.